The van der Waals surface area contributed by atoms with Gasteiger partial charge in [0.25, 0.3) is 0 Å². The highest BCUT2D eigenvalue weighted by molar-refractivity contribution is 9.11. The van der Waals surface area contributed by atoms with Gasteiger partial charge in [0, 0.05) is 29.3 Å². The summed E-state index contributed by atoms with van der Waals surface area (Å²) in [6.45, 7) is 1.93. The third-order valence-corrected chi connectivity index (χ3v) is 3.93. The lowest BCUT2D eigenvalue weighted by atomic mass is 10.1. The van der Waals surface area contributed by atoms with E-state index in [-0.39, 0.29) is 5.78 Å². The predicted molar refractivity (Wildman–Crippen MR) is 69.0 cm³/mol. The zero-order valence-corrected chi connectivity index (χ0v) is 11.1. The van der Waals surface area contributed by atoms with E-state index in [0.29, 0.717) is 12.0 Å². The first-order valence-electron chi connectivity index (χ1n) is 4.85. The van der Waals surface area contributed by atoms with Crippen molar-refractivity contribution in [2.45, 2.75) is 13.3 Å². The number of aryl methyl sites for hydroxylation is 1. The molecule has 2 aromatic heterocycles. The Morgan fingerprint density at radius 2 is 2.25 bits per heavy atom. The molecule has 0 aliphatic heterocycles. The largest absolute Gasteiger partial charge is 0.294 e. The molecule has 2 rings (SSSR count). The van der Waals surface area contributed by atoms with Crippen LogP contribution >= 0.6 is 27.3 Å². The molecule has 0 N–H and O–H groups in total. The molecule has 0 aliphatic carbocycles. The summed E-state index contributed by atoms with van der Waals surface area (Å²) in [5.74, 6) is 0.125. The number of hydrogen-bond acceptors (Lipinski definition) is 3. The zero-order chi connectivity index (χ0) is 11.5. The minimum atomic E-state index is 0.125. The third-order valence-electron chi connectivity index (χ3n) is 2.30. The van der Waals surface area contributed by atoms with Crippen LogP contribution in [-0.2, 0) is 6.42 Å². The quantitative estimate of drug-likeness (QED) is 0.809. The maximum Gasteiger partial charge on any atom is 0.169 e. The zero-order valence-electron chi connectivity index (χ0n) is 8.74. The number of aromatic nitrogens is 1. The molecule has 16 heavy (non-hydrogen) atoms. The molecule has 0 spiro atoms. The fourth-order valence-electron chi connectivity index (χ4n) is 1.46. The van der Waals surface area contributed by atoms with E-state index in [9.17, 15) is 4.79 Å². The summed E-state index contributed by atoms with van der Waals surface area (Å²) in [6, 6.07) is 5.79. The van der Waals surface area contributed by atoms with Gasteiger partial charge in [-0.3, -0.25) is 9.78 Å². The van der Waals surface area contributed by atoms with Crippen LogP contribution in [0.25, 0.3) is 0 Å². The number of thiophene rings is 1. The second-order valence-electron chi connectivity index (χ2n) is 3.50. The molecule has 82 valence electrons. The number of pyridine rings is 1. The van der Waals surface area contributed by atoms with Crippen molar-refractivity contribution >= 4 is 33.0 Å². The lowest BCUT2D eigenvalue weighted by Gasteiger charge is -2.02. The van der Waals surface area contributed by atoms with Crippen molar-refractivity contribution in [3.8, 4) is 0 Å². The summed E-state index contributed by atoms with van der Waals surface area (Å²) < 4.78 is 1.05. The van der Waals surface area contributed by atoms with Crippen LogP contribution in [0.15, 0.2) is 34.4 Å². The molecule has 0 bridgehead atoms. The molecule has 0 fully saturated rings. The van der Waals surface area contributed by atoms with Crippen LogP contribution in [0.1, 0.15) is 20.8 Å². The SMILES string of the molecule is Cc1ccncc1C(=O)Cc1ccc(Br)s1. The van der Waals surface area contributed by atoms with Crippen LogP contribution in [0.4, 0.5) is 0 Å². The van der Waals surface area contributed by atoms with Crippen LogP contribution in [-0.4, -0.2) is 10.8 Å². The Labute approximate surface area is 106 Å². The smallest absolute Gasteiger partial charge is 0.169 e. The molecular weight excluding hydrogens is 286 g/mol. The van der Waals surface area contributed by atoms with E-state index < -0.39 is 0 Å². The van der Waals surface area contributed by atoms with E-state index in [1.54, 1.807) is 23.7 Å². The number of rotatable bonds is 3. The second-order valence-corrected chi connectivity index (χ2v) is 6.04. The third kappa shape index (κ3) is 2.57. The van der Waals surface area contributed by atoms with E-state index in [4.69, 9.17) is 0 Å². The highest BCUT2D eigenvalue weighted by atomic mass is 79.9. The molecule has 0 radical (unpaired) electrons. The number of halogens is 1. The van der Waals surface area contributed by atoms with E-state index in [1.165, 1.54) is 0 Å². The monoisotopic (exact) mass is 295 g/mol. The lowest BCUT2D eigenvalue weighted by molar-refractivity contribution is 0.0993. The summed E-state index contributed by atoms with van der Waals surface area (Å²) in [5.41, 5.74) is 1.70. The number of ketones is 1. The van der Waals surface area contributed by atoms with Crippen LogP contribution in [0.5, 0.6) is 0 Å². The van der Waals surface area contributed by atoms with Gasteiger partial charge in [0.2, 0.25) is 0 Å². The Kier molecular flexibility index (Phi) is 3.51. The average Bonchev–Trinajstić information content (AvgIpc) is 2.64. The number of hydrogen-bond donors (Lipinski definition) is 0. The predicted octanol–water partition coefficient (Wildman–Crippen LogP) is 3.64. The molecular formula is C12H10BrNOS. The highest BCUT2D eigenvalue weighted by Crippen LogP contribution is 2.23. The Morgan fingerprint density at radius 1 is 1.44 bits per heavy atom. The molecule has 2 aromatic rings. The van der Waals surface area contributed by atoms with Crippen molar-refractivity contribution in [3.63, 3.8) is 0 Å². The first-order chi connectivity index (χ1) is 7.66. The van der Waals surface area contributed by atoms with Gasteiger partial charge in [-0.1, -0.05) is 0 Å². The van der Waals surface area contributed by atoms with Gasteiger partial charge in [0.15, 0.2) is 5.78 Å². The van der Waals surface area contributed by atoms with Crippen molar-refractivity contribution in [1.29, 1.82) is 0 Å². The van der Waals surface area contributed by atoms with Crippen molar-refractivity contribution in [3.05, 3.63) is 50.4 Å². The van der Waals surface area contributed by atoms with Crippen LogP contribution < -0.4 is 0 Å². The fraction of sp³-hybridized carbons (Fsp3) is 0.167. The molecule has 2 heterocycles. The topological polar surface area (TPSA) is 30.0 Å². The molecule has 0 saturated carbocycles. The molecule has 0 unspecified atom stereocenters. The standard InChI is InChI=1S/C12H10BrNOS/c1-8-4-5-14-7-10(8)11(15)6-9-2-3-12(13)16-9/h2-5,7H,6H2,1H3. The normalized spacial score (nSPS) is 10.4. The summed E-state index contributed by atoms with van der Waals surface area (Å²) >= 11 is 4.98. The van der Waals surface area contributed by atoms with E-state index in [0.717, 1.165) is 14.2 Å². The van der Waals surface area contributed by atoms with Crippen LogP contribution in [0.2, 0.25) is 0 Å². The van der Waals surface area contributed by atoms with Crippen molar-refractivity contribution in [2.75, 3.05) is 0 Å². The number of carbonyl (C=O) groups excluding carboxylic acids is 1. The molecule has 0 aromatic carbocycles. The van der Waals surface area contributed by atoms with Gasteiger partial charge in [-0.15, -0.1) is 11.3 Å². The minimum absolute atomic E-state index is 0.125. The fourth-order valence-corrected chi connectivity index (χ4v) is 2.94. The van der Waals surface area contributed by atoms with Crippen LogP contribution in [0, 0.1) is 6.92 Å². The molecule has 0 aliphatic rings. The molecule has 0 atom stereocenters. The Hall–Kier alpha value is -1.000. The highest BCUT2D eigenvalue weighted by Gasteiger charge is 2.10. The van der Waals surface area contributed by atoms with E-state index in [2.05, 4.69) is 20.9 Å². The van der Waals surface area contributed by atoms with Crippen molar-refractivity contribution in [2.24, 2.45) is 0 Å². The summed E-state index contributed by atoms with van der Waals surface area (Å²) in [7, 11) is 0. The Morgan fingerprint density at radius 3 is 2.88 bits per heavy atom. The van der Waals surface area contributed by atoms with Crippen molar-refractivity contribution < 1.29 is 4.79 Å². The Bertz CT molecular complexity index is 521. The van der Waals surface area contributed by atoms with Gasteiger partial charge < -0.3 is 0 Å². The molecule has 4 heteroatoms. The lowest BCUT2D eigenvalue weighted by Crippen LogP contribution is -2.04. The molecule has 0 saturated heterocycles. The summed E-state index contributed by atoms with van der Waals surface area (Å²) in [6.07, 6.45) is 3.79. The molecule has 2 nitrogen and oxygen atoms in total. The summed E-state index contributed by atoms with van der Waals surface area (Å²) in [4.78, 5) is 17.1. The van der Waals surface area contributed by atoms with Gasteiger partial charge in [-0.2, -0.15) is 0 Å². The molecule has 0 amide bonds. The van der Waals surface area contributed by atoms with Crippen LogP contribution in [0.3, 0.4) is 0 Å². The maximum atomic E-state index is 12.0. The second kappa shape index (κ2) is 4.89. The number of nitrogens with zero attached hydrogens (tertiary/aromatic N) is 1. The first-order valence-corrected chi connectivity index (χ1v) is 6.46. The number of carbonyl (C=O) groups is 1. The number of Topliss-reactive ketones (excluding diaryl/α,β-unsaturated/α-hetero) is 1. The van der Waals surface area contributed by atoms with Crippen molar-refractivity contribution in [1.82, 2.24) is 4.98 Å². The van der Waals surface area contributed by atoms with Gasteiger partial charge in [0.05, 0.1) is 3.79 Å². The Balaban J connectivity index is 2.18. The first kappa shape index (κ1) is 11.5. The summed E-state index contributed by atoms with van der Waals surface area (Å²) in [5, 5.41) is 0. The maximum absolute atomic E-state index is 12.0. The average molecular weight is 296 g/mol. The minimum Gasteiger partial charge on any atom is -0.294 e. The van der Waals surface area contributed by atoms with E-state index in [1.807, 2.05) is 25.1 Å². The van der Waals surface area contributed by atoms with Gasteiger partial charge in [0.1, 0.15) is 0 Å². The van der Waals surface area contributed by atoms with Gasteiger partial charge in [-0.25, -0.2) is 0 Å². The van der Waals surface area contributed by atoms with Gasteiger partial charge in [-0.05, 0) is 46.6 Å². The van der Waals surface area contributed by atoms with E-state index >= 15 is 0 Å². The van der Waals surface area contributed by atoms with Gasteiger partial charge >= 0.3 is 0 Å².